The molecule has 210 valence electrons. The second-order valence-corrected chi connectivity index (χ2v) is 8.47. The van der Waals surface area contributed by atoms with Gasteiger partial charge in [-0.15, -0.1) is 0 Å². The number of carboxylic acids is 2. The average Bonchev–Trinajstić information content (AvgIpc) is 2.92. The van der Waals surface area contributed by atoms with Gasteiger partial charge in [0.2, 0.25) is 17.6 Å². The van der Waals surface area contributed by atoms with Gasteiger partial charge in [0.1, 0.15) is 0 Å². The molecule has 2 aliphatic rings. The number of amides is 2. The largest absolute Gasteiger partial charge is 0.545 e. The van der Waals surface area contributed by atoms with E-state index in [0.717, 1.165) is 5.56 Å². The van der Waals surface area contributed by atoms with Crippen molar-refractivity contribution in [1.82, 2.24) is 14.7 Å². The van der Waals surface area contributed by atoms with Crippen LogP contribution in [0.5, 0.6) is 17.2 Å². The summed E-state index contributed by atoms with van der Waals surface area (Å²) < 4.78 is 15.6. The number of aromatic hydroxyl groups is 1. The van der Waals surface area contributed by atoms with Crippen LogP contribution in [0, 0.1) is 0 Å². The minimum atomic E-state index is -1.55. The molecule has 3 rings (SSSR count). The molecule has 0 atom stereocenters. The fourth-order valence-electron chi connectivity index (χ4n) is 3.90. The summed E-state index contributed by atoms with van der Waals surface area (Å²) >= 11 is 0. The van der Waals surface area contributed by atoms with Crippen molar-refractivity contribution in [3.05, 3.63) is 29.8 Å². The normalized spacial score (nSPS) is 15.9. The van der Waals surface area contributed by atoms with Crippen molar-refractivity contribution >= 4 is 23.8 Å². The van der Waals surface area contributed by atoms with Gasteiger partial charge in [0, 0.05) is 45.7 Å². The van der Waals surface area contributed by atoms with Crippen LogP contribution in [0.3, 0.4) is 0 Å². The van der Waals surface area contributed by atoms with E-state index in [1.165, 1.54) is 14.2 Å². The predicted molar refractivity (Wildman–Crippen MR) is 129 cm³/mol. The van der Waals surface area contributed by atoms with Crippen molar-refractivity contribution < 1.29 is 48.7 Å². The number of aryl methyl sites for hydroxylation is 1. The zero-order valence-electron chi connectivity index (χ0n) is 21.6. The van der Waals surface area contributed by atoms with Gasteiger partial charge < -0.3 is 48.9 Å². The molecule has 0 aliphatic carbocycles. The number of carbonyl (C=O) groups is 4. The van der Waals surface area contributed by atoms with Crippen molar-refractivity contribution in [3.8, 4) is 17.2 Å². The molecule has 0 bridgehead atoms. The van der Waals surface area contributed by atoms with Gasteiger partial charge >= 0.3 is 0 Å². The number of hydrogen-bond donors (Lipinski definition) is 1. The van der Waals surface area contributed by atoms with Crippen molar-refractivity contribution in [1.29, 1.82) is 0 Å². The van der Waals surface area contributed by atoms with Crippen molar-refractivity contribution in [2.24, 2.45) is 0 Å². The Hall–Kier alpha value is -3.84. The Morgan fingerprint density at radius 3 is 1.84 bits per heavy atom. The lowest BCUT2D eigenvalue weighted by Crippen LogP contribution is -2.52. The number of benzene rings is 1. The van der Waals surface area contributed by atoms with Crippen LogP contribution in [-0.4, -0.2) is 117 Å². The Morgan fingerprint density at radius 2 is 1.37 bits per heavy atom. The van der Waals surface area contributed by atoms with E-state index in [4.69, 9.17) is 14.2 Å². The molecule has 0 unspecified atom stereocenters. The number of ether oxygens (including phenoxy) is 3. The van der Waals surface area contributed by atoms with Crippen molar-refractivity contribution in [3.63, 3.8) is 0 Å². The van der Waals surface area contributed by atoms with Gasteiger partial charge in [-0.3, -0.25) is 14.5 Å². The highest BCUT2D eigenvalue weighted by Crippen LogP contribution is 2.37. The predicted octanol–water partition coefficient (Wildman–Crippen LogP) is -2.61. The van der Waals surface area contributed by atoms with Gasteiger partial charge in [-0.1, -0.05) is 0 Å². The molecule has 0 saturated carbocycles. The number of carbonyl (C=O) groups excluding carboxylic acids is 4. The number of methoxy groups -OCH3 is 2. The highest BCUT2D eigenvalue weighted by molar-refractivity contribution is 5.87. The van der Waals surface area contributed by atoms with Crippen LogP contribution < -0.4 is 19.7 Å². The van der Waals surface area contributed by atoms with Crippen LogP contribution in [0.4, 0.5) is 0 Å². The fourth-order valence-corrected chi connectivity index (χ4v) is 3.90. The number of morpholine rings is 1. The Morgan fingerprint density at radius 1 is 0.868 bits per heavy atom. The molecule has 13 nitrogen and oxygen atoms in total. The highest BCUT2D eigenvalue weighted by atomic mass is 16.5. The maximum atomic E-state index is 12.6. The lowest BCUT2D eigenvalue weighted by atomic mass is 10.1. The van der Waals surface area contributed by atoms with Crippen LogP contribution in [-0.2, 0) is 30.3 Å². The molecule has 38 heavy (non-hydrogen) atoms. The van der Waals surface area contributed by atoms with Crippen LogP contribution in [0.1, 0.15) is 12.0 Å². The van der Waals surface area contributed by atoms with E-state index in [0.29, 0.717) is 95.5 Å². The van der Waals surface area contributed by atoms with E-state index >= 15 is 0 Å². The van der Waals surface area contributed by atoms with Crippen LogP contribution >= 0.6 is 0 Å². The summed E-state index contributed by atoms with van der Waals surface area (Å²) in [5, 5.41) is 28.8. The first-order chi connectivity index (χ1) is 18.1. The summed E-state index contributed by atoms with van der Waals surface area (Å²) in [7, 11) is 2.96. The van der Waals surface area contributed by atoms with E-state index in [9.17, 15) is 34.5 Å². The minimum Gasteiger partial charge on any atom is -0.545 e. The lowest BCUT2D eigenvalue weighted by Gasteiger charge is -2.36. The Bertz CT molecular complexity index is 958. The van der Waals surface area contributed by atoms with Gasteiger partial charge in [0.15, 0.2) is 11.5 Å². The first kappa shape index (κ1) is 30.4. The summed E-state index contributed by atoms with van der Waals surface area (Å²) in [4.78, 5) is 49.6. The van der Waals surface area contributed by atoms with E-state index in [1.54, 1.807) is 12.1 Å². The lowest BCUT2D eigenvalue weighted by molar-refractivity contribution is -0.301. The maximum Gasteiger partial charge on any atom is 0.236 e. The monoisotopic (exact) mass is 535 g/mol. The number of rotatable bonds is 9. The molecule has 2 saturated heterocycles. The molecule has 1 aromatic carbocycles. The standard InChI is InChI=1S/C21H31N3O6.C4H4O4/c1-28-17-13-16(14-18(29-2)21(17)27)3-4-19(25)23-7-5-22(6-8-23)15-20(26)24-9-11-30-12-10-24;5-3(6)1-2-4(7)8/h13-14,27H,3-12,15H2,1-2H3;1-2H,(H,5,6)(H,7,8)/p-2. The smallest absolute Gasteiger partial charge is 0.236 e. The number of piperazine rings is 1. The van der Waals surface area contributed by atoms with Crippen molar-refractivity contribution in [2.45, 2.75) is 12.8 Å². The molecule has 1 N–H and O–H groups in total. The minimum absolute atomic E-state index is 0.0437. The molecule has 0 spiro atoms. The molecule has 13 heteroatoms. The Balaban J connectivity index is 0.000000550. The van der Waals surface area contributed by atoms with Gasteiger partial charge in [-0.2, -0.15) is 0 Å². The number of hydrogen-bond acceptors (Lipinski definition) is 11. The molecule has 1 aromatic rings. The number of nitrogens with zero attached hydrogens (tertiary/aromatic N) is 3. The maximum absolute atomic E-state index is 12.6. The molecule has 0 radical (unpaired) electrons. The first-order valence-electron chi connectivity index (χ1n) is 12.0. The van der Waals surface area contributed by atoms with Gasteiger partial charge in [-0.25, -0.2) is 0 Å². The quantitative estimate of drug-likeness (QED) is 0.328. The SMILES string of the molecule is COc1cc(CCC(=O)N2CCN(CC(=O)N3CCOCC3)CC2)cc(OC)c1O.O=C([O-])C=CC(=O)[O-]. The van der Waals surface area contributed by atoms with Gasteiger partial charge in [-0.05, 0) is 36.3 Å². The third-order valence-corrected chi connectivity index (χ3v) is 5.97. The van der Waals surface area contributed by atoms with Crippen LogP contribution in [0.15, 0.2) is 24.3 Å². The van der Waals surface area contributed by atoms with Crippen LogP contribution in [0.2, 0.25) is 0 Å². The topological polar surface area (TPSA) is 172 Å². The average molecular weight is 536 g/mol. The van der Waals surface area contributed by atoms with E-state index < -0.39 is 11.9 Å². The molecule has 2 fully saturated rings. The third-order valence-electron chi connectivity index (χ3n) is 5.97. The third kappa shape index (κ3) is 9.90. The zero-order valence-corrected chi connectivity index (χ0v) is 21.6. The number of aliphatic carboxylic acids is 2. The summed E-state index contributed by atoms with van der Waals surface area (Å²) in [5.41, 5.74) is 0.865. The second kappa shape index (κ2) is 15.4. The summed E-state index contributed by atoms with van der Waals surface area (Å²) in [5.74, 6) is -2.26. The zero-order chi connectivity index (χ0) is 28.1. The first-order valence-corrected chi connectivity index (χ1v) is 12.0. The second-order valence-electron chi connectivity index (χ2n) is 8.47. The highest BCUT2D eigenvalue weighted by Gasteiger charge is 2.25. The number of phenols is 1. The number of phenolic OH excluding ortho intramolecular Hbond substituents is 1. The molecule has 0 aromatic heterocycles. The summed E-state index contributed by atoms with van der Waals surface area (Å²) in [6.45, 7) is 5.56. The van der Waals surface area contributed by atoms with Crippen LogP contribution in [0.25, 0.3) is 0 Å². The van der Waals surface area contributed by atoms with Crippen molar-refractivity contribution in [2.75, 3.05) is 73.2 Å². The Labute approximate surface area is 220 Å². The molecular weight excluding hydrogens is 502 g/mol. The number of carboxylic acid groups (broad SMARTS) is 2. The van der Waals surface area contributed by atoms with Gasteiger partial charge in [0.05, 0.1) is 45.9 Å². The molecule has 2 aliphatic heterocycles. The summed E-state index contributed by atoms with van der Waals surface area (Å²) in [6.07, 6.45) is 1.66. The molecule has 2 heterocycles. The Kier molecular flexibility index (Phi) is 12.3. The molecule has 2 amide bonds. The van der Waals surface area contributed by atoms with E-state index in [2.05, 4.69) is 4.90 Å². The fraction of sp³-hybridized carbons (Fsp3) is 0.520. The van der Waals surface area contributed by atoms with E-state index in [1.807, 2.05) is 9.80 Å². The molecular formula is C25H33N3O10-2. The van der Waals surface area contributed by atoms with E-state index in [-0.39, 0.29) is 17.6 Å². The van der Waals surface area contributed by atoms with Gasteiger partial charge in [0.25, 0.3) is 0 Å². The summed E-state index contributed by atoms with van der Waals surface area (Å²) in [6, 6.07) is 3.45.